The van der Waals surface area contributed by atoms with Gasteiger partial charge in [0.25, 0.3) is 0 Å². The van der Waals surface area contributed by atoms with Gasteiger partial charge >= 0.3 is 51.4 Å². The molecule has 4 heteroatoms. The summed E-state index contributed by atoms with van der Waals surface area (Å²) < 4.78 is 0. The first-order valence-electron chi connectivity index (χ1n) is 0.224. The van der Waals surface area contributed by atoms with Crippen molar-refractivity contribution in [1.82, 2.24) is 0 Å². The molecule has 0 radical (unpaired) electrons. The molecule has 0 rings (SSSR count). The molecule has 0 saturated carbocycles. The van der Waals surface area contributed by atoms with Gasteiger partial charge in [-0.05, 0) is 0 Å². The molecule has 0 aromatic carbocycles. The average Bonchev–Trinajstić information content (AvgIpc) is 1.00. The maximum atomic E-state index is 6.25. The smallest absolute Gasteiger partial charge is 0.512 e. The van der Waals surface area contributed by atoms with Crippen LogP contribution >= 0.6 is 0 Å². The van der Waals surface area contributed by atoms with Crippen LogP contribution in [0.1, 0.15) is 0 Å². The first-order valence-corrected chi connectivity index (χ1v) is 0.224. The Bertz CT molecular complexity index is 14.4. The topological polar surface area (TPSA) is 86.8 Å². The molecule has 4 N–H and O–H groups in total. The van der Waals surface area contributed by atoms with Crippen molar-refractivity contribution in [2.45, 2.75) is 0 Å². The Morgan fingerprint density at radius 1 is 1.00 bits per heavy atom. The van der Waals surface area contributed by atoms with Crippen LogP contribution in [0.5, 0.6) is 0 Å². The van der Waals surface area contributed by atoms with Gasteiger partial charge in [0.1, 0.15) is 0 Å². The molecule has 0 saturated heterocycles. The van der Waals surface area contributed by atoms with Gasteiger partial charge in [-0.3, -0.25) is 0 Å². The quantitative estimate of drug-likeness (QED) is 0.223. The van der Waals surface area contributed by atoms with Gasteiger partial charge in [-0.1, -0.05) is 0 Å². The SMILES string of the molecule is O.O.[C-]#N.[K+]. The number of rotatable bonds is 0. The fourth-order valence-corrected chi connectivity index (χ4v) is 0. The van der Waals surface area contributed by atoms with Crippen LogP contribution in [0.15, 0.2) is 0 Å². The van der Waals surface area contributed by atoms with Crippen molar-refractivity contribution in [1.29, 1.82) is 5.26 Å². The predicted octanol–water partition coefficient (Wildman–Crippen LogP) is -4.55. The molecular formula is CH4KNO2. The van der Waals surface area contributed by atoms with E-state index in [4.69, 9.17) is 11.8 Å². The molecular weight excluding hydrogens is 97.1 g/mol. The van der Waals surface area contributed by atoms with Gasteiger partial charge in [0.05, 0.1) is 0 Å². The van der Waals surface area contributed by atoms with Crippen LogP contribution in [0.4, 0.5) is 0 Å². The summed E-state index contributed by atoms with van der Waals surface area (Å²) in [6, 6.07) is 0. The third-order valence-corrected chi connectivity index (χ3v) is 0. The minimum absolute atomic E-state index is 0. The van der Waals surface area contributed by atoms with E-state index in [9.17, 15) is 0 Å². The van der Waals surface area contributed by atoms with Crippen molar-refractivity contribution in [3.8, 4) is 0 Å². The standard InChI is InChI=1S/CN.K.2H2O/c1-2;;;/h;;2*1H2/q-1;+1;;. The third kappa shape index (κ3) is 42.8. The van der Waals surface area contributed by atoms with Crippen LogP contribution in [0.3, 0.4) is 0 Å². The van der Waals surface area contributed by atoms with Crippen molar-refractivity contribution in [2.24, 2.45) is 0 Å². The second-order valence-corrected chi connectivity index (χ2v) is 0. The average molecular weight is 101 g/mol. The summed E-state index contributed by atoms with van der Waals surface area (Å²) in [6.07, 6.45) is 0. The third-order valence-electron chi connectivity index (χ3n) is 0. The number of nitrogens with zero attached hydrogens (tertiary/aromatic N) is 1. The van der Waals surface area contributed by atoms with Gasteiger partial charge in [-0.2, -0.15) is 0 Å². The van der Waals surface area contributed by atoms with Crippen molar-refractivity contribution in [3.63, 3.8) is 0 Å². The molecule has 0 aliphatic carbocycles. The molecule has 0 aliphatic heterocycles. The Kier molecular flexibility index (Phi) is 555. The van der Waals surface area contributed by atoms with E-state index < -0.39 is 0 Å². The van der Waals surface area contributed by atoms with E-state index in [-0.39, 0.29) is 62.3 Å². The van der Waals surface area contributed by atoms with E-state index in [0.29, 0.717) is 0 Å². The molecule has 0 bridgehead atoms. The summed E-state index contributed by atoms with van der Waals surface area (Å²) in [4.78, 5) is 0. The van der Waals surface area contributed by atoms with Gasteiger partial charge in [0.15, 0.2) is 0 Å². The Labute approximate surface area is 73.0 Å². The van der Waals surface area contributed by atoms with E-state index in [1.165, 1.54) is 0 Å². The largest absolute Gasteiger partial charge is 1.00 e. The number of hydrogen-bond acceptors (Lipinski definition) is 1. The van der Waals surface area contributed by atoms with Crippen LogP contribution < -0.4 is 51.4 Å². The summed E-state index contributed by atoms with van der Waals surface area (Å²) in [5.41, 5.74) is 0. The molecule has 0 heterocycles. The van der Waals surface area contributed by atoms with E-state index in [1.54, 1.807) is 0 Å². The molecule has 3 nitrogen and oxygen atoms in total. The Morgan fingerprint density at radius 2 is 1.00 bits per heavy atom. The van der Waals surface area contributed by atoms with Crippen molar-refractivity contribution in [2.75, 3.05) is 0 Å². The normalized spacial score (nSPS) is 0.400. The Hall–Kier alpha value is 1.05. The molecule has 5 heavy (non-hydrogen) atoms. The summed E-state index contributed by atoms with van der Waals surface area (Å²) >= 11 is 0. The second kappa shape index (κ2) is 75.5. The molecule has 0 aromatic heterocycles. The molecule has 0 spiro atoms. The van der Waals surface area contributed by atoms with E-state index >= 15 is 0 Å². The minimum atomic E-state index is 0. The van der Waals surface area contributed by atoms with Crippen molar-refractivity contribution >= 4 is 0 Å². The van der Waals surface area contributed by atoms with Crippen LogP contribution in [0, 0.1) is 11.8 Å². The Balaban J connectivity index is -0.00000000167. The van der Waals surface area contributed by atoms with Crippen LogP contribution in [0.25, 0.3) is 0 Å². The molecule has 0 aliphatic rings. The molecule has 0 fully saturated rings. The summed E-state index contributed by atoms with van der Waals surface area (Å²) in [5.74, 6) is 0. The van der Waals surface area contributed by atoms with E-state index in [2.05, 4.69) is 0 Å². The first-order chi connectivity index (χ1) is 1.00. The number of hydrogen-bond donors (Lipinski definition) is 0. The summed E-state index contributed by atoms with van der Waals surface area (Å²) in [7, 11) is 0. The second-order valence-electron chi connectivity index (χ2n) is 0. The maximum Gasteiger partial charge on any atom is 1.00 e. The van der Waals surface area contributed by atoms with Gasteiger partial charge in [-0.15, -0.1) is 0 Å². The molecule has 0 aromatic rings. The van der Waals surface area contributed by atoms with Gasteiger partial charge in [-0.25, -0.2) is 0 Å². The van der Waals surface area contributed by atoms with E-state index in [1.807, 2.05) is 0 Å². The van der Waals surface area contributed by atoms with Gasteiger partial charge in [0, 0.05) is 0 Å². The van der Waals surface area contributed by atoms with Gasteiger partial charge in [0.2, 0.25) is 0 Å². The zero-order valence-electron chi connectivity index (χ0n) is 2.95. The minimum Gasteiger partial charge on any atom is -0.512 e. The van der Waals surface area contributed by atoms with Crippen molar-refractivity contribution in [3.05, 3.63) is 6.57 Å². The van der Waals surface area contributed by atoms with Gasteiger partial charge < -0.3 is 22.8 Å². The maximum absolute atomic E-state index is 6.25. The Morgan fingerprint density at radius 3 is 1.00 bits per heavy atom. The zero-order valence-corrected chi connectivity index (χ0v) is 6.07. The predicted molar refractivity (Wildman–Crippen MR) is 12.2 cm³/mol. The van der Waals surface area contributed by atoms with E-state index in [0.717, 1.165) is 0 Å². The molecule has 0 unspecified atom stereocenters. The fourth-order valence-electron chi connectivity index (χ4n) is 0. The van der Waals surface area contributed by atoms with Crippen LogP contribution in [-0.4, -0.2) is 11.0 Å². The van der Waals surface area contributed by atoms with Crippen LogP contribution in [0.2, 0.25) is 0 Å². The monoisotopic (exact) mass is 101 g/mol. The summed E-state index contributed by atoms with van der Waals surface area (Å²) in [6.45, 7) is 4.75. The molecule has 0 atom stereocenters. The summed E-state index contributed by atoms with van der Waals surface area (Å²) in [5, 5.41) is 6.25. The first kappa shape index (κ1) is 36.8. The molecule has 0 amide bonds. The van der Waals surface area contributed by atoms with Crippen LogP contribution in [-0.2, 0) is 0 Å². The molecule has 26 valence electrons. The van der Waals surface area contributed by atoms with Crippen molar-refractivity contribution < 1.29 is 62.3 Å². The zero-order chi connectivity index (χ0) is 2.00. The fraction of sp³-hybridized carbons (Fsp3) is 0.